The SMILES string of the molecule is CCc1cc(Cc2nccn3c(C4=CCN=C4C(F)(F)F)cnc23)ccc1C(=O)CCCOCC(C)(C)C. The maximum atomic E-state index is 13.4. The Bertz CT molecular complexity index is 1380. The van der Waals surface area contributed by atoms with Crippen molar-refractivity contribution in [2.45, 2.75) is 59.6 Å². The molecule has 0 atom stereocenters. The number of aliphatic imine (C=N–C) groups is 1. The number of rotatable bonds is 10. The van der Waals surface area contributed by atoms with Crippen molar-refractivity contribution in [3.8, 4) is 0 Å². The average Bonchev–Trinajstić information content (AvgIpc) is 3.50. The molecule has 0 saturated carbocycles. The molecule has 1 aliphatic rings. The number of Topliss-reactive ketones (excluding diaryl/α,β-unsaturated/α-hetero) is 1. The van der Waals surface area contributed by atoms with E-state index >= 15 is 0 Å². The highest BCUT2D eigenvalue weighted by Crippen LogP contribution is 2.32. The molecular weight excluding hydrogens is 493 g/mol. The fraction of sp³-hybridized carbons (Fsp3) is 0.448. The van der Waals surface area contributed by atoms with Gasteiger partial charge in [0.15, 0.2) is 11.4 Å². The van der Waals surface area contributed by atoms with E-state index in [-0.39, 0.29) is 23.3 Å². The molecule has 9 heteroatoms. The highest BCUT2D eigenvalue weighted by atomic mass is 19.4. The number of nitrogens with zero attached hydrogens (tertiary/aromatic N) is 4. The van der Waals surface area contributed by atoms with Gasteiger partial charge in [0, 0.05) is 43.0 Å². The van der Waals surface area contributed by atoms with E-state index in [1.54, 1.807) is 16.8 Å². The molecule has 38 heavy (non-hydrogen) atoms. The summed E-state index contributed by atoms with van der Waals surface area (Å²) in [5, 5.41) is 0. The van der Waals surface area contributed by atoms with E-state index < -0.39 is 11.9 Å². The number of carbonyl (C=O) groups is 1. The number of aromatic nitrogens is 3. The predicted molar refractivity (Wildman–Crippen MR) is 142 cm³/mol. The van der Waals surface area contributed by atoms with E-state index in [4.69, 9.17) is 4.74 Å². The van der Waals surface area contributed by atoms with Crippen LogP contribution in [0.3, 0.4) is 0 Å². The lowest BCUT2D eigenvalue weighted by atomic mass is 9.95. The fourth-order valence-corrected chi connectivity index (χ4v) is 4.54. The summed E-state index contributed by atoms with van der Waals surface area (Å²) in [6.07, 6.45) is 3.77. The minimum absolute atomic E-state index is 0.00977. The van der Waals surface area contributed by atoms with E-state index in [1.807, 2.05) is 25.1 Å². The molecule has 0 unspecified atom stereocenters. The largest absolute Gasteiger partial charge is 0.433 e. The Morgan fingerprint density at radius 2 is 1.95 bits per heavy atom. The topological polar surface area (TPSA) is 68.8 Å². The normalized spacial score (nSPS) is 14.2. The summed E-state index contributed by atoms with van der Waals surface area (Å²) in [7, 11) is 0. The number of hydrogen-bond acceptors (Lipinski definition) is 5. The number of halogens is 3. The van der Waals surface area contributed by atoms with E-state index in [1.165, 1.54) is 12.3 Å². The lowest BCUT2D eigenvalue weighted by Gasteiger charge is -2.17. The van der Waals surface area contributed by atoms with Gasteiger partial charge in [-0.25, -0.2) is 4.98 Å². The summed E-state index contributed by atoms with van der Waals surface area (Å²) in [5.41, 5.74) is 3.34. The van der Waals surface area contributed by atoms with Gasteiger partial charge in [-0.3, -0.25) is 19.2 Å². The van der Waals surface area contributed by atoms with Gasteiger partial charge >= 0.3 is 6.18 Å². The Hall–Kier alpha value is -3.33. The van der Waals surface area contributed by atoms with Crippen molar-refractivity contribution >= 4 is 22.7 Å². The molecule has 3 aromatic rings. The van der Waals surface area contributed by atoms with Gasteiger partial charge in [-0.15, -0.1) is 0 Å². The lowest BCUT2D eigenvalue weighted by Crippen LogP contribution is -2.23. The molecule has 6 nitrogen and oxygen atoms in total. The molecule has 2 aromatic heterocycles. The number of aryl methyl sites for hydroxylation is 1. The van der Waals surface area contributed by atoms with Crippen molar-refractivity contribution in [1.29, 1.82) is 0 Å². The van der Waals surface area contributed by atoms with Crippen LogP contribution in [0.25, 0.3) is 11.2 Å². The molecule has 0 saturated heterocycles. The average molecular weight is 527 g/mol. The summed E-state index contributed by atoms with van der Waals surface area (Å²) in [5.74, 6) is 0.0952. The van der Waals surface area contributed by atoms with E-state index in [0.29, 0.717) is 61.5 Å². The minimum atomic E-state index is -4.53. The van der Waals surface area contributed by atoms with Crippen LogP contribution < -0.4 is 0 Å². The van der Waals surface area contributed by atoms with Crippen LogP contribution in [0.5, 0.6) is 0 Å². The number of hydrogen-bond donors (Lipinski definition) is 0. The lowest BCUT2D eigenvalue weighted by molar-refractivity contribution is -0.0571. The Kier molecular flexibility index (Phi) is 8.16. The first-order valence-corrected chi connectivity index (χ1v) is 12.8. The van der Waals surface area contributed by atoms with Crippen LogP contribution in [-0.4, -0.2) is 51.8 Å². The number of allylic oxidation sites excluding steroid dienone is 1. The molecule has 0 amide bonds. The first-order chi connectivity index (χ1) is 18.0. The monoisotopic (exact) mass is 526 g/mol. The molecule has 4 rings (SSSR count). The number of fused-ring (bicyclic) bond motifs is 1. The minimum Gasteiger partial charge on any atom is -0.381 e. The first-order valence-electron chi connectivity index (χ1n) is 12.8. The van der Waals surface area contributed by atoms with Gasteiger partial charge < -0.3 is 4.74 Å². The van der Waals surface area contributed by atoms with E-state index in [9.17, 15) is 18.0 Å². The molecule has 1 aliphatic heterocycles. The summed E-state index contributed by atoms with van der Waals surface area (Å²) in [6.45, 7) is 9.55. The second kappa shape index (κ2) is 11.2. The van der Waals surface area contributed by atoms with Gasteiger partial charge in [-0.05, 0) is 29.4 Å². The van der Waals surface area contributed by atoms with Gasteiger partial charge in [0.1, 0.15) is 5.71 Å². The molecule has 0 N–H and O–H groups in total. The zero-order valence-corrected chi connectivity index (χ0v) is 22.2. The molecule has 1 aromatic carbocycles. The summed E-state index contributed by atoms with van der Waals surface area (Å²) in [6, 6.07) is 5.77. The molecule has 0 radical (unpaired) electrons. The van der Waals surface area contributed by atoms with Gasteiger partial charge in [0.05, 0.1) is 30.7 Å². The number of ketones is 1. The summed E-state index contributed by atoms with van der Waals surface area (Å²) in [4.78, 5) is 25.4. The smallest absolute Gasteiger partial charge is 0.381 e. The Morgan fingerprint density at radius 3 is 2.66 bits per heavy atom. The van der Waals surface area contributed by atoms with Crippen LogP contribution in [0.15, 0.2) is 47.9 Å². The van der Waals surface area contributed by atoms with E-state index in [2.05, 4.69) is 35.7 Å². The van der Waals surface area contributed by atoms with Gasteiger partial charge in [0.2, 0.25) is 0 Å². The molecule has 202 valence electrons. The summed E-state index contributed by atoms with van der Waals surface area (Å²) >= 11 is 0. The van der Waals surface area contributed by atoms with Crippen molar-refractivity contribution < 1.29 is 22.7 Å². The van der Waals surface area contributed by atoms with Crippen LogP contribution >= 0.6 is 0 Å². The van der Waals surface area contributed by atoms with Crippen LogP contribution in [0.1, 0.15) is 73.4 Å². The third kappa shape index (κ3) is 6.38. The number of alkyl halides is 3. The second-order valence-electron chi connectivity index (χ2n) is 10.7. The number of benzene rings is 1. The zero-order valence-electron chi connectivity index (χ0n) is 22.2. The Balaban J connectivity index is 1.49. The van der Waals surface area contributed by atoms with Crippen LogP contribution in [-0.2, 0) is 17.6 Å². The van der Waals surface area contributed by atoms with E-state index in [0.717, 1.165) is 11.1 Å². The van der Waals surface area contributed by atoms with Gasteiger partial charge in [-0.2, -0.15) is 13.2 Å². The zero-order chi connectivity index (χ0) is 27.5. The Labute approximate surface area is 220 Å². The van der Waals surface area contributed by atoms with Crippen molar-refractivity contribution in [2.75, 3.05) is 19.8 Å². The van der Waals surface area contributed by atoms with Crippen molar-refractivity contribution in [2.24, 2.45) is 10.4 Å². The van der Waals surface area contributed by atoms with Gasteiger partial charge in [0.25, 0.3) is 0 Å². The van der Waals surface area contributed by atoms with Crippen LogP contribution in [0.2, 0.25) is 0 Å². The fourth-order valence-electron chi connectivity index (χ4n) is 4.54. The third-order valence-corrected chi connectivity index (χ3v) is 6.30. The summed E-state index contributed by atoms with van der Waals surface area (Å²) < 4.78 is 47.6. The highest BCUT2D eigenvalue weighted by Gasteiger charge is 2.40. The highest BCUT2D eigenvalue weighted by molar-refractivity contribution is 6.27. The molecule has 0 bridgehead atoms. The van der Waals surface area contributed by atoms with Crippen molar-refractivity contribution in [1.82, 2.24) is 14.4 Å². The third-order valence-electron chi connectivity index (χ3n) is 6.30. The maximum absolute atomic E-state index is 13.4. The molecule has 0 spiro atoms. The molecule has 3 heterocycles. The second-order valence-corrected chi connectivity index (χ2v) is 10.7. The first kappa shape index (κ1) is 27.7. The Morgan fingerprint density at radius 1 is 1.16 bits per heavy atom. The standard InChI is InChI=1S/C29H33F3N4O2/c1-5-20-15-19(8-9-21(20)25(37)7-6-14-38-18-28(2,3)4)16-23-27-35-17-24(36(27)13-12-33-23)22-10-11-34-26(22)29(30,31)32/h8-10,12-13,15,17H,5-7,11,14,16,18H2,1-4H3. The number of ether oxygens (including phenoxy) is 1. The molecular formula is C29H33F3N4O2. The van der Waals surface area contributed by atoms with Crippen molar-refractivity contribution in [3.05, 3.63) is 70.9 Å². The number of carbonyl (C=O) groups excluding carboxylic acids is 1. The van der Waals surface area contributed by atoms with Crippen molar-refractivity contribution in [3.63, 3.8) is 0 Å². The molecule has 0 fully saturated rings. The quantitative estimate of drug-likeness (QED) is 0.229. The van der Waals surface area contributed by atoms with Crippen LogP contribution in [0.4, 0.5) is 13.2 Å². The maximum Gasteiger partial charge on any atom is 0.433 e. The number of imidazole rings is 1. The van der Waals surface area contributed by atoms with Crippen LogP contribution in [0, 0.1) is 5.41 Å². The predicted octanol–water partition coefficient (Wildman–Crippen LogP) is 6.31. The molecule has 0 aliphatic carbocycles. The van der Waals surface area contributed by atoms with Gasteiger partial charge in [-0.1, -0.05) is 52.0 Å².